The Kier molecular flexibility index (Phi) is 2.78. The van der Waals surface area contributed by atoms with E-state index in [9.17, 15) is 9.90 Å². The molecular formula is C12H13NO2S. The van der Waals surface area contributed by atoms with Crippen molar-refractivity contribution in [3.8, 4) is 5.75 Å². The van der Waals surface area contributed by atoms with Gasteiger partial charge in [-0.05, 0) is 49.3 Å². The molecule has 3 nitrogen and oxygen atoms in total. The number of aromatic hydroxyl groups is 1. The molecule has 0 radical (unpaired) electrons. The first kappa shape index (κ1) is 11.2. The molecule has 0 amide bonds. The van der Waals surface area contributed by atoms with E-state index in [2.05, 4.69) is 4.99 Å². The molecule has 0 aromatic heterocycles. The van der Waals surface area contributed by atoms with Gasteiger partial charge in [0.25, 0.3) is 0 Å². The highest BCUT2D eigenvalue weighted by Crippen LogP contribution is 2.52. The maximum absolute atomic E-state index is 10.4. The van der Waals surface area contributed by atoms with Gasteiger partial charge in [-0.1, -0.05) is 0 Å². The summed E-state index contributed by atoms with van der Waals surface area (Å²) in [6, 6.07) is 3.67. The lowest BCUT2D eigenvalue weighted by molar-refractivity contribution is 0.468. The van der Waals surface area contributed by atoms with Crippen molar-refractivity contribution in [1.29, 1.82) is 0 Å². The molecule has 1 aromatic rings. The summed E-state index contributed by atoms with van der Waals surface area (Å²) in [7, 11) is 0. The maximum Gasteiger partial charge on any atom is 0.235 e. The lowest BCUT2D eigenvalue weighted by atomic mass is 10.0. The number of benzene rings is 1. The van der Waals surface area contributed by atoms with Gasteiger partial charge in [0.2, 0.25) is 6.08 Å². The molecule has 0 atom stereocenters. The smallest absolute Gasteiger partial charge is 0.235 e. The Morgan fingerprint density at radius 3 is 2.69 bits per heavy atom. The molecule has 1 aromatic carbocycles. The summed E-state index contributed by atoms with van der Waals surface area (Å²) in [6.07, 6.45) is 5.34. The number of hydrogen-bond donors (Lipinski definition) is 1. The summed E-state index contributed by atoms with van der Waals surface area (Å²) in [4.78, 5) is 15.4. The molecule has 0 aliphatic heterocycles. The molecule has 0 unspecified atom stereocenters. The highest BCUT2D eigenvalue weighted by Gasteiger charge is 2.46. The van der Waals surface area contributed by atoms with E-state index in [4.69, 9.17) is 0 Å². The highest BCUT2D eigenvalue weighted by molar-refractivity contribution is 7.98. The van der Waals surface area contributed by atoms with Gasteiger partial charge in [-0.3, -0.25) is 0 Å². The zero-order valence-electron chi connectivity index (χ0n) is 9.28. The number of carbonyl (C=O) groups excluding carboxylic acids is 1. The minimum absolute atomic E-state index is 0.264. The number of aryl methyl sites for hydroxylation is 1. The third-order valence-corrected chi connectivity index (χ3v) is 3.78. The normalized spacial score (nSPS) is 16.6. The van der Waals surface area contributed by atoms with E-state index < -0.39 is 5.54 Å². The van der Waals surface area contributed by atoms with Crippen LogP contribution in [0.25, 0.3) is 0 Å². The second kappa shape index (κ2) is 3.96. The van der Waals surface area contributed by atoms with Crippen LogP contribution < -0.4 is 0 Å². The molecule has 2 rings (SSSR count). The molecule has 1 aliphatic rings. The molecule has 1 aliphatic carbocycles. The molecule has 0 heterocycles. The second-order valence-electron chi connectivity index (χ2n) is 4.07. The number of phenolic OH excluding ortho intramolecular Hbond substituents is 1. The molecule has 1 saturated carbocycles. The quantitative estimate of drug-likeness (QED) is 0.498. The zero-order valence-corrected chi connectivity index (χ0v) is 10.1. The van der Waals surface area contributed by atoms with E-state index in [1.54, 1.807) is 23.9 Å². The Hall–Kier alpha value is -1.25. The Bertz CT molecular complexity index is 474. The first-order valence-corrected chi connectivity index (χ1v) is 6.32. The monoisotopic (exact) mass is 235 g/mol. The maximum atomic E-state index is 10.4. The largest absolute Gasteiger partial charge is 0.508 e. The van der Waals surface area contributed by atoms with E-state index in [1.165, 1.54) is 0 Å². The molecular weight excluding hydrogens is 222 g/mol. The summed E-state index contributed by atoms with van der Waals surface area (Å²) >= 11 is 1.61. The van der Waals surface area contributed by atoms with E-state index >= 15 is 0 Å². The van der Waals surface area contributed by atoms with Crippen LogP contribution in [-0.2, 0) is 10.3 Å². The third-order valence-electron chi connectivity index (χ3n) is 3.00. The number of aliphatic imine (C=N–C) groups is 1. The standard InChI is InChI=1S/C12H13NO2S/c1-8-5-11(16-2)9(6-10(8)15)12(3-4-12)13-7-14/h5-6,15H,3-4H2,1-2H3. The van der Waals surface area contributed by atoms with Gasteiger partial charge in [0.1, 0.15) is 5.75 Å². The number of isocyanates is 1. The molecule has 16 heavy (non-hydrogen) atoms. The summed E-state index contributed by atoms with van der Waals surface area (Å²) < 4.78 is 0. The van der Waals surface area contributed by atoms with Gasteiger partial charge >= 0.3 is 0 Å². The second-order valence-corrected chi connectivity index (χ2v) is 4.92. The van der Waals surface area contributed by atoms with Crippen LogP contribution in [0.15, 0.2) is 22.0 Å². The average Bonchev–Trinajstić information content (AvgIpc) is 3.03. The first-order valence-electron chi connectivity index (χ1n) is 5.10. The SMILES string of the molecule is CSc1cc(C)c(O)cc1C1(N=C=O)CC1. The van der Waals surface area contributed by atoms with Crippen molar-refractivity contribution < 1.29 is 9.90 Å². The minimum Gasteiger partial charge on any atom is -0.508 e. The summed E-state index contributed by atoms with van der Waals surface area (Å²) in [5.74, 6) is 0.264. The summed E-state index contributed by atoms with van der Waals surface area (Å²) in [5, 5.41) is 9.73. The van der Waals surface area contributed by atoms with Crippen LogP contribution in [0, 0.1) is 6.92 Å². The van der Waals surface area contributed by atoms with E-state index in [-0.39, 0.29) is 5.75 Å². The van der Waals surface area contributed by atoms with Crippen LogP contribution in [0.1, 0.15) is 24.0 Å². The van der Waals surface area contributed by atoms with E-state index in [1.807, 2.05) is 19.2 Å². The van der Waals surface area contributed by atoms with Crippen molar-refractivity contribution in [2.75, 3.05) is 6.26 Å². The van der Waals surface area contributed by atoms with Gasteiger partial charge in [-0.25, -0.2) is 4.79 Å². The van der Waals surface area contributed by atoms with Gasteiger partial charge in [-0.2, -0.15) is 4.99 Å². The van der Waals surface area contributed by atoms with Crippen molar-refractivity contribution in [2.45, 2.75) is 30.2 Å². The van der Waals surface area contributed by atoms with Crippen molar-refractivity contribution in [2.24, 2.45) is 4.99 Å². The first-order chi connectivity index (χ1) is 7.63. The average molecular weight is 235 g/mol. The van der Waals surface area contributed by atoms with Gasteiger partial charge in [-0.15, -0.1) is 11.8 Å². The minimum atomic E-state index is -0.411. The molecule has 84 valence electrons. The van der Waals surface area contributed by atoms with Gasteiger partial charge in [0.05, 0.1) is 5.54 Å². The third kappa shape index (κ3) is 1.75. The predicted octanol–water partition coefficient (Wildman–Crippen LogP) is 2.75. The number of rotatable bonds is 3. The molecule has 0 saturated heterocycles. The number of hydrogen-bond acceptors (Lipinski definition) is 4. The van der Waals surface area contributed by atoms with Crippen LogP contribution in [0.5, 0.6) is 5.75 Å². The van der Waals surface area contributed by atoms with Gasteiger partial charge in [0, 0.05) is 4.90 Å². The lowest BCUT2D eigenvalue weighted by Crippen LogP contribution is -2.04. The molecule has 4 heteroatoms. The fourth-order valence-corrected chi connectivity index (χ4v) is 2.61. The van der Waals surface area contributed by atoms with Crippen LogP contribution in [0.3, 0.4) is 0 Å². The molecule has 0 spiro atoms. The fraction of sp³-hybridized carbons (Fsp3) is 0.417. The Morgan fingerprint density at radius 1 is 1.50 bits per heavy atom. The number of nitrogens with zero attached hydrogens (tertiary/aromatic N) is 1. The van der Waals surface area contributed by atoms with Crippen molar-refractivity contribution in [1.82, 2.24) is 0 Å². The van der Waals surface area contributed by atoms with Crippen molar-refractivity contribution in [3.05, 3.63) is 23.3 Å². The Morgan fingerprint density at radius 2 is 2.19 bits per heavy atom. The van der Waals surface area contributed by atoms with Gasteiger partial charge in [0.15, 0.2) is 0 Å². The lowest BCUT2D eigenvalue weighted by Gasteiger charge is -2.14. The number of thioether (sulfide) groups is 1. The summed E-state index contributed by atoms with van der Waals surface area (Å²) in [5.41, 5.74) is 1.39. The van der Waals surface area contributed by atoms with Gasteiger partial charge < -0.3 is 5.11 Å². The molecule has 1 fully saturated rings. The molecule has 0 bridgehead atoms. The highest BCUT2D eigenvalue weighted by atomic mass is 32.2. The van der Waals surface area contributed by atoms with E-state index in [0.29, 0.717) is 0 Å². The van der Waals surface area contributed by atoms with Crippen molar-refractivity contribution in [3.63, 3.8) is 0 Å². The topological polar surface area (TPSA) is 49.7 Å². The predicted molar refractivity (Wildman–Crippen MR) is 63.7 cm³/mol. The van der Waals surface area contributed by atoms with E-state index in [0.717, 1.165) is 28.9 Å². The zero-order chi connectivity index (χ0) is 11.8. The Labute approximate surface area is 98.6 Å². The Balaban J connectivity index is 2.55. The number of phenols is 1. The molecule has 1 N–H and O–H groups in total. The van der Waals surface area contributed by atoms with Crippen LogP contribution in [0.4, 0.5) is 0 Å². The van der Waals surface area contributed by atoms with Crippen molar-refractivity contribution >= 4 is 17.8 Å². The fourth-order valence-electron chi connectivity index (χ4n) is 1.85. The summed E-state index contributed by atoms with van der Waals surface area (Å²) in [6.45, 7) is 1.86. The van der Waals surface area contributed by atoms with Crippen LogP contribution in [0.2, 0.25) is 0 Å². The van der Waals surface area contributed by atoms with Crippen LogP contribution in [-0.4, -0.2) is 17.4 Å². The van der Waals surface area contributed by atoms with Crippen LogP contribution >= 0.6 is 11.8 Å².